The average Bonchev–Trinajstić information content (AvgIpc) is 3.15. The molecule has 1 atom stereocenters. The van der Waals surface area contributed by atoms with E-state index in [4.69, 9.17) is 5.73 Å². The molecule has 0 bridgehead atoms. The molecular formula is C15H16FN5O2S. The number of aromatic nitrogens is 3. The van der Waals surface area contributed by atoms with Gasteiger partial charge in [0.2, 0.25) is 5.43 Å². The third kappa shape index (κ3) is 2.08. The number of aromatic amines is 1. The molecule has 4 heterocycles. The Hall–Kier alpha value is -2.26. The number of anilines is 1. The first-order valence-corrected chi connectivity index (χ1v) is 8.57. The van der Waals surface area contributed by atoms with Crippen molar-refractivity contribution in [2.75, 3.05) is 18.0 Å². The lowest BCUT2D eigenvalue weighted by Crippen LogP contribution is -2.28. The van der Waals surface area contributed by atoms with Crippen LogP contribution in [0.25, 0.3) is 21.3 Å². The molecule has 0 radical (unpaired) electrons. The van der Waals surface area contributed by atoms with Gasteiger partial charge in [-0.2, -0.15) is 0 Å². The van der Waals surface area contributed by atoms with Gasteiger partial charge in [0, 0.05) is 25.7 Å². The lowest BCUT2D eigenvalue weighted by Gasteiger charge is -2.19. The molecule has 1 aliphatic rings. The predicted molar refractivity (Wildman–Crippen MR) is 92.4 cm³/mol. The average molecular weight is 349 g/mol. The van der Waals surface area contributed by atoms with Crippen molar-refractivity contribution in [3.05, 3.63) is 32.5 Å². The lowest BCUT2D eigenvalue weighted by molar-refractivity contribution is 0.616. The van der Waals surface area contributed by atoms with Crippen LogP contribution >= 0.6 is 11.5 Å². The quantitative estimate of drug-likeness (QED) is 0.719. The van der Waals surface area contributed by atoms with Crippen molar-refractivity contribution in [3.8, 4) is 0 Å². The first-order valence-electron chi connectivity index (χ1n) is 7.76. The highest BCUT2D eigenvalue weighted by atomic mass is 32.1. The van der Waals surface area contributed by atoms with E-state index in [1.807, 2.05) is 6.92 Å². The summed E-state index contributed by atoms with van der Waals surface area (Å²) in [5.74, 6) is -0.360. The minimum Gasteiger partial charge on any atom is -0.353 e. The molecule has 0 saturated carbocycles. The first-order chi connectivity index (χ1) is 11.5. The maximum Gasteiger partial charge on any atom is 0.271 e. The van der Waals surface area contributed by atoms with Crippen LogP contribution in [0.3, 0.4) is 0 Å². The van der Waals surface area contributed by atoms with Crippen molar-refractivity contribution in [3.63, 3.8) is 0 Å². The van der Waals surface area contributed by atoms with E-state index < -0.39 is 16.8 Å². The summed E-state index contributed by atoms with van der Waals surface area (Å²) < 4.78 is 18.9. The summed E-state index contributed by atoms with van der Waals surface area (Å²) in [6.45, 7) is 3.57. The maximum absolute atomic E-state index is 14.6. The van der Waals surface area contributed by atoms with E-state index in [1.165, 1.54) is 6.07 Å². The highest BCUT2D eigenvalue weighted by molar-refractivity contribution is 7.12. The Bertz CT molecular complexity index is 1070. The SMILES string of the molecule is CCn1c2nc(N3CCC(N)C3)c(F)cc2c(=O)c2c(=O)[nH]sc21. The summed E-state index contributed by atoms with van der Waals surface area (Å²) in [6, 6.07) is 1.18. The number of fused-ring (bicyclic) bond motifs is 2. The Balaban J connectivity index is 2.08. The zero-order chi connectivity index (χ0) is 17.0. The second-order valence-electron chi connectivity index (χ2n) is 5.95. The summed E-state index contributed by atoms with van der Waals surface area (Å²) in [5.41, 5.74) is 5.36. The molecule has 126 valence electrons. The fourth-order valence-corrected chi connectivity index (χ4v) is 4.16. The van der Waals surface area contributed by atoms with E-state index in [9.17, 15) is 14.0 Å². The third-order valence-corrected chi connectivity index (χ3v) is 5.34. The topological polar surface area (TPSA) is 97.0 Å². The monoisotopic (exact) mass is 349 g/mol. The molecule has 9 heteroatoms. The van der Waals surface area contributed by atoms with Crippen LogP contribution in [0.15, 0.2) is 15.7 Å². The summed E-state index contributed by atoms with van der Waals surface area (Å²) in [4.78, 5) is 31.3. The minimum absolute atomic E-state index is 0.00679. The van der Waals surface area contributed by atoms with Gasteiger partial charge in [0.05, 0.1) is 5.39 Å². The van der Waals surface area contributed by atoms with Crippen LogP contribution in [0.4, 0.5) is 10.2 Å². The van der Waals surface area contributed by atoms with Crippen LogP contribution in [0.2, 0.25) is 0 Å². The number of nitrogens with zero attached hydrogens (tertiary/aromatic N) is 3. The summed E-state index contributed by atoms with van der Waals surface area (Å²) in [5, 5.41) is 0.185. The van der Waals surface area contributed by atoms with E-state index in [-0.39, 0.29) is 22.6 Å². The van der Waals surface area contributed by atoms with Gasteiger partial charge in [-0.3, -0.25) is 14.0 Å². The fourth-order valence-electron chi connectivity index (χ4n) is 3.25. The number of aryl methyl sites for hydroxylation is 1. The van der Waals surface area contributed by atoms with Crippen LogP contribution < -0.4 is 21.6 Å². The molecular weight excluding hydrogens is 333 g/mol. The van der Waals surface area contributed by atoms with E-state index in [0.29, 0.717) is 30.1 Å². The molecule has 0 aliphatic carbocycles. The van der Waals surface area contributed by atoms with Gasteiger partial charge in [0.1, 0.15) is 15.9 Å². The second kappa shape index (κ2) is 5.38. The maximum atomic E-state index is 14.6. The van der Waals surface area contributed by atoms with Gasteiger partial charge in [-0.25, -0.2) is 9.37 Å². The van der Waals surface area contributed by atoms with Crippen molar-refractivity contribution in [1.29, 1.82) is 0 Å². The highest BCUT2D eigenvalue weighted by Crippen LogP contribution is 2.26. The van der Waals surface area contributed by atoms with Gasteiger partial charge in [0.15, 0.2) is 11.6 Å². The van der Waals surface area contributed by atoms with Crippen LogP contribution in [-0.4, -0.2) is 33.1 Å². The zero-order valence-electron chi connectivity index (χ0n) is 13.0. The van der Waals surface area contributed by atoms with Gasteiger partial charge in [-0.1, -0.05) is 0 Å². The molecule has 3 aromatic heterocycles. The molecule has 3 N–H and O–H groups in total. The Morgan fingerprint density at radius 1 is 1.50 bits per heavy atom. The number of pyridine rings is 2. The molecule has 1 aliphatic heterocycles. The Kier molecular flexibility index (Phi) is 3.43. The van der Waals surface area contributed by atoms with Gasteiger partial charge in [-0.15, -0.1) is 0 Å². The van der Waals surface area contributed by atoms with E-state index in [2.05, 4.69) is 9.36 Å². The molecule has 3 aromatic rings. The Morgan fingerprint density at radius 2 is 2.29 bits per heavy atom. The van der Waals surface area contributed by atoms with Crippen molar-refractivity contribution in [1.82, 2.24) is 13.9 Å². The van der Waals surface area contributed by atoms with Crippen molar-refractivity contribution in [2.24, 2.45) is 5.73 Å². The number of hydrogen-bond donors (Lipinski definition) is 2. The largest absolute Gasteiger partial charge is 0.353 e. The lowest BCUT2D eigenvalue weighted by atomic mass is 10.2. The second-order valence-corrected chi connectivity index (χ2v) is 6.74. The molecule has 0 amide bonds. The van der Waals surface area contributed by atoms with Gasteiger partial charge in [0.25, 0.3) is 5.56 Å². The number of nitrogens with two attached hydrogens (primary N) is 1. The number of H-pyrrole nitrogens is 1. The number of rotatable bonds is 2. The molecule has 0 aromatic carbocycles. The summed E-state index contributed by atoms with van der Waals surface area (Å²) in [7, 11) is 0. The summed E-state index contributed by atoms with van der Waals surface area (Å²) in [6.07, 6.45) is 0.776. The van der Waals surface area contributed by atoms with Crippen LogP contribution in [0, 0.1) is 5.82 Å². The predicted octanol–water partition coefficient (Wildman–Crippen LogP) is 0.996. The first kappa shape index (κ1) is 15.3. The normalized spacial score (nSPS) is 18.1. The van der Waals surface area contributed by atoms with Crippen LogP contribution in [0.1, 0.15) is 13.3 Å². The number of nitrogens with one attached hydrogen (secondary N) is 1. The Labute approximate surface area is 139 Å². The van der Waals surface area contributed by atoms with Crippen molar-refractivity contribution >= 4 is 38.6 Å². The number of hydrogen-bond acceptors (Lipinski definition) is 6. The van der Waals surface area contributed by atoms with Crippen molar-refractivity contribution in [2.45, 2.75) is 25.9 Å². The minimum atomic E-state index is -0.567. The molecule has 1 saturated heterocycles. The van der Waals surface area contributed by atoms with Crippen LogP contribution in [0.5, 0.6) is 0 Å². The fraction of sp³-hybridized carbons (Fsp3) is 0.400. The summed E-state index contributed by atoms with van der Waals surface area (Å²) >= 11 is 1.09. The van der Waals surface area contributed by atoms with E-state index >= 15 is 0 Å². The van der Waals surface area contributed by atoms with Crippen molar-refractivity contribution < 1.29 is 4.39 Å². The van der Waals surface area contributed by atoms with Crippen LogP contribution in [-0.2, 0) is 6.54 Å². The molecule has 1 fully saturated rings. The Morgan fingerprint density at radius 3 is 2.96 bits per heavy atom. The van der Waals surface area contributed by atoms with Gasteiger partial charge >= 0.3 is 0 Å². The molecule has 4 rings (SSSR count). The molecule has 1 unspecified atom stereocenters. The smallest absolute Gasteiger partial charge is 0.271 e. The van der Waals surface area contributed by atoms with E-state index in [0.717, 1.165) is 18.0 Å². The van der Waals surface area contributed by atoms with E-state index in [1.54, 1.807) is 9.47 Å². The number of halogens is 1. The zero-order valence-corrected chi connectivity index (χ0v) is 13.8. The molecule has 24 heavy (non-hydrogen) atoms. The standard InChI is InChI=1S/C15H16FN5O2S/c1-2-21-12-8(11(22)10-14(23)19-24-15(10)21)5-9(16)13(18-12)20-4-3-7(17)6-20/h5,7H,2-4,6,17H2,1H3,(H,19,23). The third-order valence-electron chi connectivity index (χ3n) is 4.43. The highest BCUT2D eigenvalue weighted by Gasteiger charge is 2.25. The van der Waals surface area contributed by atoms with Gasteiger partial charge < -0.3 is 15.2 Å². The molecule has 0 spiro atoms. The molecule has 7 nitrogen and oxygen atoms in total. The van der Waals surface area contributed by atoms with Gasteiger partial charge in [-0.05, 0) is 30.9 Å².